The molecule has 2 fully saturated rings. The Morgan fingerprint density at radius 3 is 2.11 bits per heavy atom. The molecule has 5 rings (SSSR count). The average Bonchev–Trinajstić information content (AvgIpc) is 3.39. The predicted molar refractivity (Wildman–Crippen MR) is 140 cm³/mol. The van der Waals surface area contributed by atoms with Gasteiger partial charge in [0.15, 0.2) is 5.54 Å². The summed E-state index contributed by atoms with van der Waals surface area (Å²) in [5.74, 6) is -4.71. The number of carboxylic acid groups (broad SMARTS) is 1. The van der Waals surface area contributed by atoms with E-state index in [0.717, 1.165) is 21.6 Å². The number of benzene rings is 3. The van der Waals surface area contributed by atoms with E-state index in [9.17, 15) is 24.6 Å². The highest BCUT2D eigenvalue weighted by molar-refractivity contribution is 6.24. The minimum absolute atomic E-state index is 0.428. The molecule has 0 aromatic heterocycles. The number of nitrogens with one attached hydrogen (secondary N) is 1. The Labute approximate surface area is 215 Å². The van der Waals surface area contributed by atoms with Crippen LogP contribution in [0.3, 0.4) is 0 Å². The molecular formula is C30H28N2O5. The number of aryl methyl sites for hydroxylation is 1. The summed E-state index contributed by atoms with van der Waals surface area (Å²) in [4.78, 5) is 41.2. The average molecular weight is 497 g/mol. The number of anilines is 1. The zero-order chi connectivity index (χ0) is 26.3. The highest BCUT2D eigenvalue weighted by Crippen LogP contribution is 2.51. The highest BCUT2D eigenvalue weighted by Gasteiger charge is 2.70. The molecule has 2 aliphatic heterocycles. The molecule has 7 nitrogen and oxygen atoms in total. The van der Waals surface area contributed by atoms with Crippen LogP contribution < -0.4 is 10.2 Å². The topological polar surface area (TPSA) is 107 Å². The highest BCUT2D eigenvalue weighted by atomic mass is 16.4. The number of para-hydroxylation sites is 1. The zero-order valence-electron chi connectivity index (χ0n) is 20.5. The number of carbonyl (C=O) groups is 3. The standard InChI is InChI=1S/C30H28N2O5/c1-18-8-6-7-11-23(18)32-27(34)24-25(28(32)35)30(19(2)33,29(36)37)31-26(24)22-16-14-21(15-17-22)13-12-20-9-4-3-5-10-20/h3-17,19,24-26,31,33H,1-2H3,(H,36,37)/b13-12+. The van der Waals surface area contributed by atoms with Crippen molar-refractivity contribution in [3.05, 3.63) is 101 Å². The molecule has 0 saturated carbocycles. The quantitative estimate of drug-likeness (QED) is 0.354. The molecule has 188 valence electrons. The third kappa shape index (κ3) is 3.97. The smallest absolute Gasteiger partial charge is 0.327 e. The van der Waals surface area contributed by atoms with Crippen molar-refractivity contribution in [1.82, 2.24) is 5.32 Å². The summed E-state index contributed by atoms with van der Waals surface area (Å²) in [5.41, 5.74) is 1.80. The molecule has 3 N–H and O–H groups in total. The van der Waals surface area contributed by atoms with Gasteiger partial charge in [-0.1, -0.05) is 84.9 Å². The molecule has 2 heterocycles. The van der Waals surface area contributed by atoms with Crippen LogP contribution in [0.1, 0.15) is 35.2 Å². The van der Waals surface area contributed by atoms with Gasteiger partial charge >= 0.3 is 5.97 Å². The summed E-state index contributed by atoms with van der Waals surface area (Å²) in [6.45, 7) is 3.13. The van der Waals surface area contributed by atoms with Gasteiger partial charge in [-0.2, -0.15) is 0 Å². The van der Waals surface area contributed by atoms with Crippen molar-refractivity contribution < 1.29 is 24.6 Å². The minimum Gasteiger partial charge on any atom is -0.480 e. The number of hydrogen-bond acceptors (Lipinski definition) is 5. The van der Waals surface area contributed by atoms with Gasteiger partial charge in [0.2, 0.25) is 11.8 Å². The van der Waals surface area contributed by atoms with Crippen molar-refractivity contribution in [3.8, 4) is 0 Å². The second kappa shape index (κ2) is 9.42. The second-order valence-electron chi connectivity index (χ2n) is 9.68. The molecule has 7 heteroatoms. The lowest BCUT2D eigenvalue weighted by Crippen LogP contribution is -2.62. The number of aliphatic hydroxyl groups is 1. The summed E-state index contributed by atoms with van der Waals surface area (Å²) in [5, 5.41) is 24.0. The van der Waals surface area contributed by atoms with E-state index in [1.165, 1.54) is 6.92 Å². The fourth-order valence-electron chi connectivity index (χ4n) is 5.61. The van der Waals surface area contributed by atoms with E-state index in [1.807, 2.05) is 66.7 Å². The molecule has 0 aliphatic carbocycles. The Morgan fingerprint density at radius 2 is 1.51 bits per heavy atom. The van der Waals surface area contributed by atoms with E-state index in [-0.39, 0.29) is 0 Å². The molecule has 5 unspecified atom stereocenters. The van der Waals surface area contributed by atoms with Crippen LogP contribution in [0.2, 0.25) is 0 Å². The normalized spacial score (nSPS) is 26.0. The lowest BCUT2D eigenvalue weighted by molar-refractivity contribution is -0.154. The van der Waals surface area contributed by atoms with Crippen LogP contribution in [-0.2, 0) is 14.4 Å². The molecule has 3 aromatic rings. The maximum Gasteiger partial charge on any atom is 0.327 e. The van der Waals surface area contributed by atoms with Gasteiger partial charge in [0.25, 0.3) is 0 Å². The second-order valence-corrected chi connectivity index (χ2v) is 9.68. The van der Waals surface area contributed by atoms with Crippen LogP contribution in [0, 0.1) is 18.8 Å². The number of nitrogens with zero attached hydrogens (tertiary/aromatic N) is 1. The van der Waals surface area contributed by atoms with Crippen LogP contribution >= 0.6 is 0 Å². The minimum atomic E-state index is -2.01. The first kappa shape index (κ1) is 24.6. The number of aliphatic hydroxyl groups excluding tert-OH is 1. The number of rotatable bonds is 6. The van der Waals surface area contributed by atoms with E-state index in [4.69, 9.17) is 0 Å². The summed E-state index contributed by atoms with van der Waals surface area (Å²) in [6, 6.07) is 23.5. The maximum absolute atomic E-state index is 13.8. The molecule has 3 aromatic carbocycles. The Bertz CT molecular complexity index is 1380. The molecule has 0 bridgehead atoms. The molecule has 5 atom stereocenters. The first-order valence-corrected chi connectivity index (χ1v) is 12.2. The molecular weight excluding hydrogens is 468 g/mol. The number of fused-ring (bicyclic) bond motifs is 1. The van der Waals surface area contributed by atoms with Gasteiger partial charge in [0.1, 0.15) is 0 Å². The van der Waals surface area contributed by atoms with Crippen LogP contribution in [0.25, 0.3) is 12.2 Å². The Kier molecular flexibility index (Phi) is 6.27. The lowest BCUT2D eigenvalue weighted by atomic mass is 9.76. The summed E-state index contributed by atoms with van der Waals surface area (Å²) in [6.07, 6.45) is 2.52. The van der Waals surface area contributed by atoms with Crippen molar-refractivity contribution in [3.63, 3.8) is 0 Å². The van der Waals surface area contributed by atoms with Gasteiger partial charge in [-0.15, -0.1) is 0 Å². The fraction of sp³-hybridized carbons (Fsp3) is 0.233. The van der Waals surface area contributed by atoms with Gasteiger partial charge in [-0.05, 0) is 42.2 Å². The SMILES string of the molecule is Cc1ccccc1N1C(=O)C2C(c3ccc(/C=C/c4ccccc4)cc3)NC(C(=O)O)(C(C)O)C2C1=O. The Hall–Kier alpha value is -4.07. The lowest BCUT2D eigenvalue weighted by Gasteiger charge is -2.33. The van der Waals surface area contributed by atoms with Gasteiger partial charge in [-0.3, -0.25) is 19.7 Å². The van der Waals surface area contributed by atoms with E-state index in [0.29, 0.717) is 11.3 Å². The molecule has 37 heavy (non-hydrogen) atoms. The van der Waals surface area contributed by atoms with Crippen molar-refractivity contribution in [1.29, 1.82) is 0 Å². The van der Waals surface area contributed by atoms with Gasteiger partial charge in [0, 0.05) is 6.04 Å². The molecule has 2 aliphatic rings. The van der Waals surface area contributed by atoms with E-state index < -0.39 is 47.3 Å². The van der Waals surface area contributed by atoms with E-state index in [2.05, 4.69) is 5.32 Å². The number of imide groups is 1. The Balaban J connectivity index is 1.54. The Morgan fingerprint density at radius 1 is 0.919 bits per heavy atom. The van der Waals surface area contributed by atoms with E-state index >= 15 is 0 Å². The summed E-state index contributed by atoms with van der Waals surface area (Å²) in [7, 11) is 0. The van der Waals surface area contributed by atoms with Crippen molar-refractivity contribution in [2.24, 2.45) is 11.8 Å². The van der Waals surface area contributed by atoms with Crippen LogP contribution in [0.15, 0.2) is 78.9 Å². The van der Waals surface area contributed by atoms with Crippen molar-refractivity contribution >= 4 is 35.6 Å². The third-order valence-corrected chi connectivity index (χ3v) is 7.53. The van der Waals surface area contributed by atoms with Crippen molar-refractivity contribution in [2.45, 2.75) is 31.5 Å². The number of aliphatic carboxylic acids is 1. The summed E-state index contributed by atoms with van der Waals surface area (Å²) >= 11 is 0. The van der Waals surface area contributed by atoms with Crippen LogP contribution in [0.4, 0.5) is 5.69 Å². The zero-order valence-corrected chi connectivity index (χ0v) is 20.5. The molecule has 0 radical (unpaired) electrons. The number of amides is 2. The van der Waals surface area contributed by atoms with Gasteiger partial charge in [-0.25, -0.2) is 4.90 Å². The van der Waals surface area contributed by atoms with Crippen molar-refractivity contribution in [2.75, 3.05) is 4.90 Å². The molecule has 2 saturated heterocycles. The molecule has 0 spiro atoms. The van der Waals surface area contributed by atoms with Crippen LogP contribution in [0.5, 0.6) is 0 Å². The first-order valence-electron chi connectivity index (χ1n) is 12.2. The predicted octanol–water partition coefficient (Wildman–Crippen LogP) is 3.82. The fourth-order valence-corrected chi connectivity index (χ4v) is 5.61. The third-order valence-electron chi connectivity index (χ3n) is 7.53. The number of hydrogen-bond donors (Lipinski definition) is 3. The maximum atomic E-state index is 13.8. The van der Waals surface area contributed by atoms with Crippen LogP contribution in [-0.4, -0.2) is 39.6 Å². The first-order chi connectivity index (χ1) is 17.8. The number of carbonyl (C=O) groups excluding carboxylic acids is 2. The number of carboxylic acids is 1. The molecule has 2 amide bonds. The van der Waals surface area contributed by atoms with E-state index in [1.54, 1.807) is 31.2 Å². The van der Waals surface area contributed by atoms with Gasteiger partial charge < -0.3 is 10.2 Å². The largest absolute Gasteiger partial charge is 0.480 e. The monoisotopic (exact) mass is 496 g/mol. The summed E-state index contributed by atoms with van der Waals surface area (Å²) < 4.78 is 0. The van der Waals surface area contributed by atoms with Gasteiger partial charge in [0.05, 0.1) is 23.6 Å².